The molecule has 14 heavy (non-hydrogen) atoms. The van der Waals surface area contributed by atoms with Gasteiger partial charge in [-0.3, -0.25) is 0 Å². The van der Waals surface area contributed by atoms with Crippen LogP contribution in [0.3, 0.4) is 0 Å². The van der Waals surface area contributed by atoms with E-state index in [9.17, 15) is 0 Å². The van der Waals surface area contributed by atoms with Crippen molar-refractivity contribution in [3.05, 3.63) is 0 Å². The van der Waals surface area contributed by atoms with E-state index in [1.54, 1.807) is 0 Å². The van der Waals surface area contributed by atoms with E-state index in [1.807, 2.05) is 0 Å². The first-order valence-electron chi connectivity index (χ1n) is 6.28. The fraction of sp³-hybridized carbons (Fsp3) is 1.00. The zero-order valence-corrected chi connectivity index (χ0v) is 12.8. The van der Waals surface area contributed by atoms with Gasteiger partial charge in [0.1, 0.15) is 0 Å². The first-order chi connectivity index (χ1) is 6.60. The topological polar surface area (TPSA) is 12.0 Å². The summed E-state index contributed by atoms with van der Waals surface area (Å²) in [5, 5.41) is 4.10. The molecule has 2 heteroatoms. The molecule has 0 fully saturated rings. The van der Waals surface area contributed by atoms with Gasteiger partial charge in [-0.15, -0.1) is 0 Å². The Labute approximate surface area is 93.5 Å². The van der Waals surface area contributed by atoms with Crippen LogP contribution in [0.15, 0.2) is 0 Å². The first kappa shape index (κ1) is 14.2. The van der Waals surface area contributed by atoms with E-state index in [4.69, 9.17) is 0 Å². The second kappa shape index (κ2) is 7.47. The molecule has 1 unspecified atom stereocenters. The average molecular weight is 215 g/mol. The van der Waals surface area contributed by atoms with Gasteiger partial charge < -0.3 is 5.32 Å². The molecule has 0 aliphatic carbocycles. The van der Waals surface area contributed by atoms with E-state index in [0.717, 1.165) is 0 Å². The zero-order valence-electron chi connectivity index (χ0n) is 10.8. The van der Waals surface area contributed by atoms with E-state index in [2.05, 4.69) is 33.1 Å². The monoisotopic (exact) mass is 215 g/mol. The Bertz CT molecular complexity index is 128. The molecule has 1 nitrogen and oxygen atoms in total. The Morgan fingerprint density at radius 3 is 1.86 bits per heavy atom. The second-order valence-electron chi connectivity index (χ2n) is 4.87. The van der Waals surface area contributed by atoms with Crippen molar-refractivity contribution in [2.24, 2.45) is 0 Å². The number of unbranched alkanes of at least 4 members (excludes halogenated alkanes) is 2. The van der Waals surface area contributed by atoms with Gasteiger partial charge in [0.05, 0.1) is 0 Å². The lowest BCUT2D eigenvalue weighted by Gasteiger charge is -2.36. The summed E-state index contributed by atoms with van der Waals surface area (Å²) in [4.78, 5) is 0. The highest BCUT2D eigenvalue weighted by atomic mass is 28.1. The van der Waals surface area contributed by atoms with Crippen LogP contribution in [0.25, 0.3) is 0 Å². The van der Waals surface area contributed by atoms with Gasteiger partial charge in [-0.25, -0.2) is 0 Å². The molecule has 0 aliphatic heterocycles. The molecule has 0 aromatic heterocycles. The van der Waals surface area contributed by atoms with E-state index in [1.165, 1.54) is 48.8 Å². The maximum atomic E-state index is 3.46. The van der Waals surface area contributed by atoms with Crippen LogP contribution in [0.5, 0.6) is 0 Å². The predicted octanol–water partition coefficient (Wildman–Crippen LogP) is 2.50. The highest BCUT2D eigenvalue weighted by Crippen LogP contribution is 2.38. The summed E-state index contributed by atoms with van der Waals surface area (Å²) in [6.45, 7) is 6.95. The van der Waals surface area contributed by atoms with Crippen molar-refractivity contribution in [1.82, 2.24) is 5.32 Å². The molecule has 86 valence electrons. The third-order valence-corrected chi connectivity index (χ3v) is 5.55. The molecule has 0 heterocycles. The van der Waals surface area contributed by atoms with Crippen LogP contribution < -0.4 is 5.32 Å². The molecule has 1 atom stereocenters. The van der Waals surface area contributed by atoms with Crippen LogP contribution in [0.2, 0.25) is 5.04 Å². The third kappa shape index (κ3) is 4.60. The smallest absolute Gasteiger partial charge is 0.0126 e. The van der Waals surface area contributed by atoms with Gasteiger partial charge in [-0.1, -0.05) is 39.5 Å². The van der Waals surface area contributed by atoms with E-state index >= 15 is 0 Å². The molecule has 0 rings (SSSR count). The summed E-state index contributed by atoms with van der Waals surface area (Å²) in [7, 11) is 3.43. The summed E-state index contributed by atoms with van der Waals surface area (Å²) < 4.78 is 0. The molecule has 1 N–H and O–H groups in total. The van der Waals surface area contributed by atoms with Crippen molar-refractivity contribution in [3.8, 4) is 0 Å². The highest BCUT2D eigenvalue weighted by Gasteiger charge is 2.28. The summed E-state index contributed by atoms with van der Waals surface area (Å²) in [6.07, 6.45) is 8.34. The maximum Gasteiger partial charge on any atom is 0.0126 e. The summed E-state index contributed by atoms with van der Waals surface area (Å²) in [5.41, 5.74) is 0. The average Bonchev–Trinajstić information content (AvgIpc) is 2.22. The molecule has 0 saturated carbocycles. The minimum absolute atomic E-state index is 0.640. The van der Waals surface area contributed by atoms with Crippen molar-refractivity contribution >= 4 is 10.2 Å². The van der Waals surface area contributed by atoms with E-state index in [0.29, 0.717) is 11.1 Å². The van der Waals surface area contributed by atoms with Gasteiger partial charge in [0.2, 0.25) is 0 Å². The summed E-state index contributed by atoms with van der Waals surface area (Å²) in [5.74, 6) is 0. The lowest BCUT2D eigenvalue weighted by atomic mass is 9.88. The molecule has 0 aromatic carbocycles. The van der Waals surface area contributed by atoms with Crippen molar-refractivity contribution in [3.63, 3.8) is 0 Å². The summed E-state index contributed by atoms with van der Waals surface area (Å²) in [6, 6.07) is 0.701. The van der Waals surface area contributed by atoms with Crippen LogP contribution in [0.1, 0.15) is 59.3 Å². The molecule has 0 bridgehead atoms. The number of rotatable bonds is 8. The number of hydrogen-bond acceptors (Lipinski definition) is 1. The van der Waals surface area contributed by atoms with Gasteiger partial charge in [-0.2, -0.15) is 0 Å². The van der Waals surface area contributed by atoms with Gasteiger partial charge in [0.25, 0.3) is 0 Å². The fourth-order valence-electron chi connectivity index (χ4n) is 2.07. The van der Waals surface area contributed by atoms with Crippen LogP contribution in [0.4, 0.5) is 0 Å². The molecular weight excluding hydrogens is 186 g/mol. The first-order valence-corrected chi connectivity index (χ1v) is 7.28. The van der Waals surface area contributed by atoms with Crippen LogP contribution in [-0.4, -0.2) is 23.3 Å². The van der Waals surface area contributed by atoms with Gasteiger partial charge in [0.15, 0.2) is 0 Å². The van der Waals surface area contributed by atoms with Crippen molar-refractivity contribution in [1.29, 1.82) is 0 Å². The minimum atomic E-state index is 0.640. The van der Waals surface area contributed by atoms with Crippen LogP contribution in [-0.2, 0) is 0 Å². The SMILES string of the molecule is CCCCC([SiH3])(CCCC)C(C)NC. The lowest BCUT2D eigenvalue weighted by Crippen LogP contribution is -2.36. The zero-order chi connectivity index (χ0) is 11.0. The van der Waals surface area contributed by atoms with Crippen LogP contribution in [0, 0.1) is 0 Å². The standard InChI is InChI=1S/C12H29NSi/c1-5-7-9-12(14,10-8-6-2)11(3)13-4/h11,13H,5-10H2,1-4,14H3. The Hall–Kier alpha value is 0.177. The quantitative estimate of drug-likeness (QED) is 0.614. The van der Waals surface area contributed by atoms with Crippen molar-refractivity contribution in [2.45, 2.75) is 70.4 Å². The van der Waals surface area contributed by atoms with E-state index in [-0.39, 0.29) is 0 Å². The molecule has 0 spiro atoms. The number of nitrogens with one attached hydrogen (secondary N) is 1. The normalized spacial score (nSPS) is 14.6. The summed E-state index contributed by atoms with van der Waals surface area (Å²) >= 11 is 0. The second-order valence-corrected chi connectivity index (χ2v) is 6.86. The van der Waals surface area contributed by atoms with Crippen LogP contribution >= 0.6 is 0 Å². The van der Waals surface area contributed by atoms with Gasteiger partial charge in [-0.05, 0) is 31.9 Å². The maximum absolute atomic E-state index is 3.46. The van der Waals surface area contributed by atoms with Gasteiger partial charge >= 0.3 is 0 Å². The van der Waals surface area contributed by atoms with Gasteiger partial charge in [0, 0.05) is 16.3 Å². The largest absolute Gasteiger partial charge is 0.317 e. The Morgan fingerprint density at radius 1 is 1.14 bits per heavy atom. The molecule has 0 aliphatic rings. The molecular formula is C12H29NSi. The Morgan fingerprint density at radius 2 is 1.57 bits per heavy atom. The molecule has 0 amide bonds. The highest BCUT2D eigenvalue weighted by molar-refractivity contribution is 6.15. The van der Waals surface area contributed by atoms with Crippen molar-refractivity contribution in [2.75, 3.05) is 7.05 Å². The molecule has 0 saturated heterocycles. The Balaban J connectivity index is 4.16. The predicted molar refractivity (Wildman–Crippen MR) is 70.2 cm³/mol. The van der Waals surface area contributed by atoms with E-state index < -0.39 is 0 Å². The third-order valence-electron chi connectivity index (χ3n) is 3.68. The molecule has 0 radical (unpaired) electrons. The number of hydrogen-bond donors (Lipinski definition) is 1. The molecule has 0 aromatic rings. The van der Waals surface area contributed by atoms with Crippen molar-refractivity contribution < 1.29 is 0 Å². The minimum Gasteiger partial charge on any atom is -0.317 e. The Kier molecular flexibility index (Phi) is 7.56. The lowest BCUT2D eigenvalue weighted by molar-refractivity contribution is 0.353. The fourth-order valence-corrected chi connectivity index (χ4v) is 3.06.